The number of pyridine rings is 1. The van der Waals surface area contributed by atoms with Crippen molar-refractivity contribution in [2.24, 2.45) is 0 Å². The summed E-state index contributed by atoms with van der Waals surface area (Å²) in [5.41, 5.74) is 3.31. The van der Waals surface area contributed by atoms with Crippen LogP contribution in [0.3, 0.4) is 0 Å². The third kappa shape index (κ3) is 5.20. The van der Waals surface area contributed by atoms with E-state index in [0.717, 1.165) is 29.8 Å². The number of rotatable bonds is 8. The van der Waals surface area contributed by atoms with Crippen LogP contribution in [0.1, 0.15) is 66.7 Å². The zero-order valence-electron chi connectivity index (χ0n) is 19.2. The molecule has 0 unspecified atom stereocenters. The highest BCUT2D eigenvalue weighted by atomic mass is 19.1. The van der Waals surface area contributed by atoms with E-state index in [1.807, 2.05) is 47.4 Å². The molecule has 0 amide bonds. The Bertz CT molecular complexity index is 1160. The summed E-state index contributed by atoms with van der Waals surface area (Å²) in [5.74, 6) is 0.612. The molecule has 2 heterocycles. The Morgan fingerprint density at radius 1 is 0.853 bits per heavy atom. The van der Waals surface area contributed by atoms with E-state index >= 15 is 0 Å². The van der Waals surface area contributed by atoms with Gasteiger partial charge in [0, 0.05) is 25.5 Å². The van der Waals surface area contributed by atoms with Gasteiger partial charge in [-0.2, -0.15) is 0 Å². The van der Waals surface area contributed by atoms with Gasteiger partial charge in [-0.15, -0.1) is 5.10 Å². The van der Waals surface area contributed by atoms with Gasteiger partial charge in [0.1, 0.15) is 5.82 Å². The van der Waals surface area contributed by atoms with Crippen LogP contribution in [0.25, 0.3) is 0 Å². The van der Waals surface area contributed by atoms with E-state index < -0.39 is 0 Å². The summed E-state index contributed by atoms with van der Waals surface area (Å²) in [6.45, 7) is 1.32. The van der Waals surface area contributed by atoms with Crippen molar-refractivity contribution in [1.82, 2.24) is 30.1 Å². The number of tetrazole rings is 1. The number of hydrogen-bond acceptors (Lipinski definition) is 5. The number of halogens is 1. The molecule has 1 aliphatic rings. The maximum absolute atomic E-state index is 13.6. The molecule has 6 nitrogen and oxygen atoms in total. The summed E-state index contributed by atoms with van der Waals surface area (Å²) >= 11 is 0. The Morgan fingerprint density at radius 2 is 1.53 bits per heavy atom. The summed E-state index contributed by atoms with van der Waals surface area (Å²) in [5, 5.41) is 13.1. The van der Waals surface area contributed by atoms with Crippen molar-refractivity contribution in [3.63, 3.8) is 0 Å². The fourth-order valence-electron chi connectivity index (χ4n) is 4.92. The minimum absolute atomic E-state index is 0.176. The fraction of sp³-hybridized carbons (Fsp3) is 0.333. The van der Waals surface area contributed by atoms with Gasteiger partial charge >= 0.3 is 0 Å². The minimum Gasteiger partial charge on any atom is -0.281 e. The first-order valence-electron chi connectivity index (χ1n) is 12.0. The number of aromatic nitrogens is 5. The standard InChI is InChI=1S/C27H29FN6/c28-24-13-11-22(12-14-24)20-33(19-21-7-3-1-4-8-21)26(23-15-17-29-18-16-23)27-30-31-32-34(27)25-9-5-2-6-10-25/h1,3-4,7-8,11-18,25-26H,2,5-6,9-10,19-20H2/t26-/m1/s1. The van der Waals surface area contributed by atoms with E-state index in [1.165, 1.54) is 37.0 Å². The molecule has 7 heteroatoms. The fourth-order valence-corrected chi connectivity index (χ4v) is 4.92. The smallest absolute Gasteiger partial charge is 0.173 e. The molecule has 2 aromatic carbocycles. The summed E-state index contributed by atoms with van der Waals surface area (Å²) < 4.78 is 15.7. The molecule has 0 aliphatic heterocycles. The van der Waals surface area contributed by atoms with Gasteiger partial charge in [-0.25, -0.2) is 9.07 Å². The van der Waals surface area contributed by atoms with Crippen molar-refractivity contribution in [1.29, 1.82) is 0 Å². The van der Waals surface area contributed by atoms with Crippen LogP contribution in [0.4, 0.5) is 4.39 Å². The molecule has 2 aromatic heterocycles. The molecule has 1 fully saturated rings. The molecule has 1 saturated carbocycles. The molecular formula is C27H29FN6. The Balaban J connectivity index is 1.57. The molecule has 0 saturated heterocycles. The van der Waals surface area contributed by atoms with Crippen LogP contribution in [0, 0.1) is 5.82 Å². The summed E-state index contributed by atoms with van der Waals surface area (Å²) in [6.07, 6.45) is 9.49. The SMILES string of the molecule is Fc1ccc(CN(Cc2ccccc2)[C@H](c2ccncc2)c2nnnn2C2CCCCC2)cc1. The van der Waals surface area contributed by atoms with E-state index in [0.29, 0.717) is 19.1 Å². The second-order valence-electron chi connectivity index (χ2n) is 8.97. The molecule has 0 N–H and O–H groups in total. The average molecular weight is 457 g/mol. The monoisotopic (exact) mass is 456 g/mol. The minimum atomic E-state index is -0.231. The topological polar surface area (TPSA) is 59.7 Å². The first kappa shape index (κ1) is 22.3. The van der Waals surface area contributed by atoms with E-state index in [1.54, 1.807) is 0 Å². The molecule has 0 radical (unpaired) electrons. The second kappa shape index (κ2) is 10.7. The molecule has 1 aliphatic carbocycles. The third-order valence-corrected chi connectivity index (χ3v) is 6.60. The van der Waals surface area contributed by atoms with Gasteiger partial charge in [0.25, 0.3) is 0 Å². The predicted octanol–water partition coefficient (Wildman–Crippen LogP) is 5.50. The van der Waals surface area contributed by atoms with Crippen LogP contribution in [0.15, 0.2) is 79.1 Å². The maximum atomic E-state index is 13.6. The lowest BCUT2D eigenvalue weighted by molar-refractivity contribution is 0.187. The normalized spacial score (nSPS) is 15.5. The van der Waals surface area contributed by atoms with Crippen molar-refractivity contribution in [2.75, 3.05) is 0 Å². The van der Waals surface area contributed by atoms with Gasteiger partial charge in [0.2, 0.25) is 0 Å². The zero-order chi connectivity index (χ0) is 23.2. The Kier molecular flexibility index (Phi) is 7.00. The highest BCUT2D eigenvalue weighted by molar-refractivity contribution is 5.25. The lowest BCUT2D eigenvalue weighted by Gasteiger charge is -2.33. The molecular weight excluding hydrogens is 427 g/mol. The van der Waals surface area contributed by atoms with E-state index in [4.69, 9.17) is 0 Å². The third-order valence-electron chi connectivity index (χ3n) is 6.60. The van der Waals surface area contributed by atoms with Gasteiger partial charge in [-0.3, -0.25) is 9.88 Å². The summed E-state index contributed by atoms with van der Waals surface area (Å²) in [7, 11) is 0. The largest absolute Gasteiger partial charge is 0.281 e. The van der Waals surface area contributed by atoms with Gasteiger partial charge in [0.15, 0.2) is 5.82 Å². The van der Waals surface area contributed by atoms with Crippen molar-refractivity contribution in [3.8, 4) is 0 Å². The Morgan fingerprint density at radius 3 is 2.24 bits per heavy atom. The summed E-state index contributed by atoms with van der Waals surface area (Å²) in [6, 6.07) is 21.3. The van der Waals surface area contributed by atoms with Crippen molar-refractivity contribution in [3.05, 3.63) is 107 Å². The maximum Gasteiger partial charge on any atom is 0.173 e. The zero-order valence-corrected chi connectivity index (χ0v) is 19.2. The van der Waals surface area contributed by atoms with E-state index in [9.17, 15) is 4.39 Å². The number of hydrogen-bond donors (Lipinski definition) is 0. The molecule has 0 spiro atoms. The van der Waals surface area contributed by atoms with Gasteiger partial charge < -0.3 is 0 Å². The number of nitrogens with zero attached hydrogens (tertiary/aromatic N) is 6. The highest BCUT2D eigenvalue weighted by Crippen LogP contribution is 2.34. The molecule has 34 heavy (non-hydrogen) atoms. The van der Waals surface area contributed by atoms with Crippen molar-refractivity contribution >= 4 is 0 Å². The van der Waals surface area contributed by atoms with Crippen LogP contribution in [-0.4, -0.2) is 30.1 Å². The highest BCUT2D eigenvalue weighted by Gasteiger charge is 2.31. The number of benzene rings is 2. The predicted molar refractivity (Wildman–Crippen MR) is 128 cm³/mol. The Labute approximate surface area is 199 Å². The van der Waals surface area contributed by atoms with Gasteiger partial charge in [0.05, 0.1) is 12.1 Å². The van der Waals surface area contributed by atoms with Crippen LogP contribution in [0.2, 0.25) is 0 Å². The van der Waals surface area contributed by atoms with Crippen molar-refractivity contribution < 1.29 is 4.39 Å². The lowest BCUT2D eigenvalue weighted by Crippen LogP contribution is -2.32. The first-order chi connectivity index (χ1) is 16.8. The van der Waals surface area contributed by atoms with Gasteiger partial charge in [-0.1, -0.05) is 61.7 Å². The van der Waals surface area contributed by atoms with Crippen LogP contribution < -0.4 is 0 Å². The van der Waals surface area contributed by atoms with E-state index in [2.05, 4.69) is 49.7 Å². The first-order valence-corrected chi connectivity index (χ1v) is 12.0. The van der Waals surface area contributed by atoms with Gasteiger partial charge in [-0.05, 0) is 64.2 Å². The van der Waals surface area contributed by atoms with Crippen molar-refractivity contribution in [2.45, 2.75) is 57.3 Å². The molecule has 0 bridgehead atoms. The van der Waals surface area contributed by atoms with Crippen LogP contribution in [0.5, 0.6) is 0 Å². The molecule has 1 atom stereocenters. The van der Waals surface area contributed by atoms with E-state index in [-0.39, 0.29) is 11.9 Å². The summed E-state index contributed by atoms with van der Waals surface area (Å²) in [4.78, 5) is 6.60. The quantitative estimate of drug-likeness (QED) is 0.350. The van der Waals surface area contributed by atoms with Crippen LogP contribution in [-0.2, 0) is 13.1 Å². The average Bonchev–Trinajstić information content (AvgIpc) is 3.37. The molecule has 5 rings (SSSR count). The molecule has 4 aromatic rings. The van der Waals surface area contributed by atoms with Crippen LogP contribution >= 0.6 is 0 Å². The Hall–Kier alpha value is -3.45. The lowest BCUT2D eigenvalue weighted by atomic mass is 9.95. The second-order valence-corrected chi connectivity index (χ2v) is 8.97. The molecule has 174 valence electrons.